The molecule has 2 aromatic rings. The second-order valence-electron chi connectivity index (χ2n) is 7.90. The molecule has 0 saturated carbocycles. The van der Waals surface area contributed by atoms with Gasteiger partial charge in [0.25, 0.3) is 17.7 Å². The molecule has 1 aromatic heterocycles. The van der Waals surface area contributed by atoms with Crippen molar-refractivity contribution in [3.63, 3.8) is 0 Å². The molecule has 0 radical (unpaired) electrons. The van der Waals surface area contributed by atoms with Gasteiger partial charge in [-0.3, -0.25) is 29.0 Å². The molecule has 2 aliphatic heterocycles. The summed E-state index contributed by atoms with van der Waals surface area (Å²) in [6, 6.07) is 8.61. The molecule has 2 aliphatic rings. The van der Waals surface area contributed by atoms with Crippen LogP contribution in [0, 0.1) is 0 Å². The van der Waals surface area contributed by atoms with Gasteiger partial charge in [0.15, 0.2) is 0 Å². The molecule has 1 fully saturated rings. The maximum atomic E-state index is 12.6. The van der Waals surface area contributed by atoms with Crippen LogP contribution in [0.5, 0.6) is 0 Å². The predicted molar refractivity (Wildman–Crippen MR) is 121 cm³/mol. The average Bonchev–Trinajstić information content (AvgIpc) is 3.43. The number of thiophene rings is 1. The van der Waals surface area contributed by atoms with E-state index in [4.69, 9.17) is 0 Å². The van der Waals surface area contributed by atoms with E-state index in [1.165, 1.54) is 16.2 Å². The van der Waals surface area contributed by atoms with Gasteiger partial charge >= 0.3 is 0 Å². The van der Waals surface area contributed by atoms with Crippen LogP contribution in [-0.4, -0.2) is 84.1 Å². The van der Waals surface area contributed by atoms with E-state index in [0.717, 1.165) is 19.6 Å². The zero-order chi connectivity index (χ0) is 22.5. The topological polar surface area (TPSA) is 90.0 Å². The number of nitrogens with zero attached hydrogens (tertiary/aromatic N) is 3. The first kappa shape index (κ1) is 22.2. The number of hydrogen-bond donors (Lipinski definition) is 1. The molecule has 3 heterocycles. The van der Waals surface area contributed by atoms with E-state index in [1.807, 2.05) is 15.7 Å². The molecule has 0 spiro atoms. The SMILES string of the molecule is O=C(NCCN1CCN(C(=O)CCCN2C(=O)c3ccccc3C2=O)CC1)c1ccsc1. The first-order valence-corrected chi connectivity index (χ1v) is 11.7. The Balaban J connectivity index is 1.14. The fraction of sp³-hybridized carbons (Fsp3) is 0.391. The van der Waals surface area contributed by atoms with Crippen molar-refractivity contribution in [1.29, 1.82) is 0 Å². The number of carbonyl (C=O) groups excluding carboxylic acids is 4. The lowest BCUT2D eigenvalue weighted by atomic mass is 10.1. The number of amides is 4. The fourth-order valence-corrected chi connectivity index (χ4v) is 4.67. The van der Waals surface area contributed by atoms with Crippen molar-refractivity contribution in [3.05, 3.63) is 57.8 Å². The number of benzene rings is 1. The molecule has 0 unspecified atom stereocenters. The van der Waals surface area contributed by atoms with Gasteiger partial charge in [-0.05, 0) is 30.0 Å². The maximum absolute atomic E-state index is 12.6. The van der Waals surface area contributed by atoms with E-state index < -0.39 is 0 Å². The van der Waals surface area contributed by atoms with Crippen LogP contribution in [0.1, 0.15) is 43.9 Å². The molecule has 1 aromatic carbocycles. The first-order valence-electron chi connectivity index (χ1n) is 10.8. The van der Waals surface area contributed by atoms with Crippen LogP contribution in [0.2, 0.25) is 0 Å². The second kappa shape index (κ2) is 10.1. The average molecular weight is 455 g/mol. The Bertz CT molecular complexity index is 964. The minimum Gasteiger partial charge on any atom is -0.351 e. The Labute approximate surface area is 190 Å². The third-order valence-electron chi connectivity index (χ3n) is 5.87. The van der Waals surface area contributed by atoms with Gasteiger partial charge in [0.2, 0.25) is 5.91 Å². The molecule has 0 atom stereocenters. The first-order chi connectivity index (χ1) is 15.5. The lowest BCUT2D eigenvalue weighted by Gasteiger charge is -2.34. The molecule has 8 nitrogen and oxygen atoms in total. The normalized spacial score (nSPS) is 16.4. The number of hydrogen-bond acceptors (Lipinski definition) is 6. The summed E-state index contributed by atoms with van der Waals surface area (Å²) < 4.78 is 0. The number of rotatable bonds is 8. The Morgan fingerprint density at radius 2 is 1.62 bits per heavy atom. The summed E-state index contributed by atoms with van der Waals surface area (Å²) in [5, 5.41) is 6.63. The molecule has 168 valence electrons. The van der Waals surface area contributed by atoms with Crippen LogP contribution in [-0.2, 0) is 4.79 Å². The summed E-state index contributed by atoms with van der Waals surface area (Å²) in [7, 11) is 0. The summed E-state index contributed by atoms with van der Waals surface area (Å²) in [4.78, 5) is 54.6. The highest BCUT2D eigenvalue weighted by molar-refractivity contribution is 7.08. The molecule has 4 rings (SSSR count). The Morgan fingerprint density at radius 1 is 0.938 bits per heavy atom. The lowest BCUT2D eigenvalue weighted by Crippen LogP contribution is -2.50. The van der Waals surface area contributed by atoms with Gasteiger partial charge in [-0.1, -0.05) is 12.1 Å². The van der Waals surface area contributed by atoms with E-state index in [0.29, 0.717) is 49.2 Å². The molecule has 1 N–H and O–H groups in total. The van der Waals surface area contributed by atoms with Crippen LogP contribution in [0.3, 0.4) is 0 Å². The van der Waals surface area contributed by atoms with E-state index >= 15 is 0 Å². The number of piperazine rings is 1. The van der Waals surface area contributed by atoms with Gasteiger partial charge in [0.1, 0.15) is 0 Å². The van der Waals surface area contributed by atoms with Gasteiger partial charge in [-0.2, -0.15) is 11.3 Å². The second-order valence-corrected chi connectivity index (χ2v) is 8.68. The predicted octanol–water partition coefficient (Wildman–Crippen LogP) is 1.70. The Kier molecular flexibility index (Phi) is 6.96. The Morgan fingerprint density at radius 3 is 2.25 bits per heavy atom. The third kappa shape index (κ3) is 4.89. The molecule has 1 saturated heterocycles. The summed E-state index contributed by atoms with van der Waals surface area (Å²) in [5.41, 5.74) is 1.56. The van der Waals surface area contributed by atoms with Crippen molar-refractivity contribution in [2.45, 2.75) is 12.8 Å². The third-order valence-corrected chi connectivity index (χ3v) is 6.56. The van der Waals surface area contributed by atoms with Gasteiger partial charge < -0.3 is 10.2 Å². The number of carbonyl (C=O) groups is 4. The summed E-state index contributed by atoms with van der Waals surface area (Å²) in [6.07, 6.45) is 0.767. The monoisotopic (exact) mass is 454 g/mol. The summed E-state index contributed by atoms with van der Waals surface area (Å²) in [5.74, 6) is -0.569. The maximum Gasteiger partial charge on any atom is 0.261 e. The fourth-order valence-electron chi connectivity index (χ4n) is 4.03. The zero-order valence-electron chi connectivity index (χ0n) is 17.8. The van der Waals surface area contributed by atoms with Gasteiger partial charge in [0.05, 0.1) is 11.1 Å². The van der Waals surface area contributed by atoms with E-state index in [9.17, 15) is 19.2 Å². The van der Waals surface area contributed by atoms with Crippen molar-refractivity contribution in [1.82, 2.24) is 20.0 Å². The molecule has 9 heteroatoms. The van der Waals surface area contributed by atoms with Crippen molar-refractivity contribution in [2.24, 2.45) is 0 Å². The van der Waals surface area contributed by atoms with E-state index in [2.05, 4.69) is 10.2 Å². The van der Waals surface area contributed by atoms with Crippen LogP contribution in [0.25, 0.3) is 0 Å². The van der Waals surface area contributed by atoms with Crippen molar-refractivity contribution >= 4 is 35.0 Å². The van der Waals surface area contributed by atoms with Crippen molar-refractivity contribution in [2.75, 3.05) is 45.8 Å². The minimum absolute atomic E-state index is 0.0482. The van der Waals surface area contributed by atoms with Gasteiger partial charge in [0, 0.05) is 63.2 Å². The Hall–Kier alpha value is -3.04. The van der Waals surface area contributed by atoms with Crippen molar-refractivity contribution < 1.29 is 19.2 Å². The highest BCUT2D eigenvalue weighted by atomic mass is 32.1. The van der Waals surface area contributed by atoms with Gasteiger partial charge in [-0.25, -0.2) is 0 Å². The minimum atomic E-state index is -0.280. The lowest BCUT2D eigenvalue weighted by molar-refractivity contribution is -0.133. The van der Waals surface area contributed by atoms with Crippen molar-refractivity contribution in [3.8, 4) is 0 Å². The quantitative estimate of drug-likeness (QED) is 0.614. The highest BCUT2D eigenvalue weighted by Crippen LogP contribution is 2.22. The van der Waals surface area contributed by atoms with E-state index in [1.54, 1.807) is 30.3 Å². The molecular formula is C23H26N4O4S. The molecular weight excluding hydrogens is 428 g/mol. The molecule has 0 bridgehead atoms. The van der Waals surface area contributed by atoms with Crippen LogP contribution in [0.15, 0.2) is 41.1 Å². The van der Waals surface area contributed by atoms with Crippen LogP contribution >= 0.6 is 11.3 Å². The van der Waals surface area contributed by atoms with E-state index in [-0.39, 0.29) is 30.2 Å². The summed E-state index contributed by atoms with van der Waals surface area (Å²) >= 11 is 1.50. The molecule has 4 amide bonds. The van der Waals surface area contributed by atoms with Gasteiger partial charge in [-0.15, -0.1) is 0 Å². The molecule has 0 aliphatic carbocycles. The smallest absolute Gasteiger partial charge is 0.261 e. The largest absolute Gasteiger partial charge is 0.351 e. The molecule has 32 heavy (non-hydrogen) atoms. The van der Waals surface area contributed by atoms with Crippen LogP contribution < -0.4 is 5.32 Å². The highest BCUT2D eigenvalue weighted by Gasteiger charge is 2.34. The number of nitrogens with one attached hydrogen (secondary N) is 1. The standard InChI is InChI=1S/C23H26N4O4S/c28-20(6-3-9-27-22(30)18-4-1-2-5-19(18)23(27)31)26-13-11-25(12-14-26)10-8-24-21(29)17-7-15-32-16-17/h1-2,4-5,7,15-16H,3,6,8-14H2,(H,24,29). The number of fused-ring (bicyclic) bond motifs is 1. The van der Waals surface area contributed by atoms with Crippen LogP contribution in [0.4, 0.5) is 0 Å². The number of imide groups is 1. The summed E-state index contributed by atoms with van der Waals surface area (Å²) in [6.45, 7) is 4.38. The zero-order valence-corrected chi connectivity index (χ0v) is 18.6.